The lowest BCUT2D eigenvalue weighted by molar-refractivity contribution is 0.411. The van der Waals surface area contributed by atoms with Crippen LogP contribution in [0.5, 0.6) is 0 Å². The first kappa shape index (κ1) is 15.1. The maximum atomic E-state index is 11.9. The maximum Gasteiger partial charge on any atom is 0.254 e. The Kier molecular flexibility index (Phi) is 3.71. The van der Waals surface area contributed by atoms with Crippen molar-refractivity contribution in [1.29, 1.82) is 0 Å². The van der Waals surface area contributed by atoms with Crippen LogP contribution >= 0.6 is 0 Å². The van der Waals surface area contributed by atoms with Crippen LogP contribution in [-0.2, 0) is 0 Å². The van der Waals surface area contributed by atoms with Crippen LogP contribution in [0.25, 0.3) is 11.4 Å². The molecule has 0 spiro atoms. The minimum absolute atomic E-state index is 0.0855. The Balaban J connectivity index is 1.56. The average molecular weight is 322 g/mol. The molecule has 1 fully saturated rings. The summed E-state index contributed by atoms with van der Waals surface area (Å²) in [5.74, 6) is 3.12. The number of hydrogen-bond donors (Lipinski definition) is 1. The number of aromatic amines is 1. The molecule has 124 valence electrons. The Morgan fingerprint density at radius 1 is 1.12 bits per heavy atom. The zero-order valence-corrected chi connectivity index (χ0v) is 14.1. The zero-order valence-electron chi connectivity index (χ0n) is 14.1. The van der Waals surface area contributed by atoms with E-state index in [1.54, 1.807) is 6.92 Å². The molecule has 1 aliphatic heterocycles. The molecule has 0 radical (unpaired) electrons. The van der Waals surface area contributed by atoms with E-state index < -0.39 is 0 Å². The van der Waals surface area contributed by atoms with Crippen molar-refractivity contribution >= 4 is 5.82 Å². The van der Waals surface area contributed by atoms with Crippen molar-refractivity contribution in [3.8, 4) is 11.4 Å². The van der Waals surface area contributed by atoms with E-state index >= 15 is 0 Å². The summed E-state index contributed by atoms with van der Waals surface area (Å²) in [7, 11) is 0. The minimum Gasteiger partial charge on any atom is -0.356 e. The van der Waals surface area contributed by atoms with Gasteiger partial charge in [-0.05, 0) is 50.7 Å². The topological polar surface area (TPSA) is 61.9 Å². The lowest BCUT2D eigenvalue weighted by Gasteiger charge is -2.17. The van der Waals surface area contributed by atoms with Gasteiger partial charge in [-0.15, -0.1) is 0 Å². The Bertz CT molecular complexity index is 821. The van der Waals surface area contributed by atoms with Crippen molar-refractivity contribution in [3.05, 3.63) is 52.1 Å². The van der Waals surface area contributed by atoms with Crippen LogP contribution in [0, 0.1) is 25.7 Å². The number of H-pyrrole nitrogens is 1. The predicted molar refractivity (Wildman–Crippen MR) is 95.1 cm³/mol. The number of aryl methyl sites for hydroxylation is 1. The molecule has 0 amide bonds. The number of fused-ring (bicyclic) bond motifs is 1. The summed E-state index contributed by atoms with van der Waals surface area (Å²) in [5, 5.41) is 0. The second-order valence-electron chi connectivity index (χ2n) is 6.90. The van der Waals surface area contributed by atoms with Crippen LogP contribution in [0.15, 0.2) is 35.3 Å². The molecule has 2 atom stereocenters. The molecular weight excluding hydrogens is 300 g/mol. The third kappa shape index (κ3) is 2.64. The first-order chi connectivity index (χ1) is 11.6. The SMILES string of the molecule is Cc1nc(-c2ccc(N3CC4CC=CCC4C3)nc2)[nH]c(=O)c1C. The molecule has 1 aliphatic carbocycles. The third-order valence-electron chi connectivity index (χ3n) is 5.36. The molecule has 2 aliphatic rings. The van der Waals surface area contributed by atoms with Crippen LogP contribution < -0.4 is 10.5 Å². The number of nitrogens with one attached hydrogen (secondary N) is 1. The number of allylic oxidation sites excluding steroid dienone is 2. The van der Waals surface area contributed by atoms with Crippen molar-refractivity contribution < 1.29 is 0 Å². The van der Waals surface area contributed by atoms with Crippen molar-refractivity contribution in [1.82, 2.24) is 15.0 Å². The second kappa shape index (κ2) is 5.89. The van der Waals surface area contributed by atoms with E-state index in [9.17, 15) is 4.79 Å². The quantitative estimate of drug-likeness (QED) is 0.864. The van der Waals surface area contributed by atoms with Gasteiger partial charge in [-0.25, -0.2) is 9.97 Å². The van der Waals surface area contributed by atoms with Crippen molar-refractivity contribution in [3.63, 3.8) is 0 Å². The van der Waals surface area contributed by atoms with Gasteiger partial charge in [-0.2, -0.15) is 0 Å². The first-order valence-electron chi connectivity index (χ1n) is 8.55. The molecule has 1 saturated heterocycles. The number of pyridine rings is 1. The molecule has 0 aromatic carbocycles. The van der Waals surface area contributed by atoms with Crippen molar-refractivity contribution in [2.45, 2.75) is 26.7 Å². The van der Waals surface area contributed by atoms with Gasteiger partial charge in [0.15, 0.2) is 0 Å². The predicted octanol–water partition coefficient (Wildman–Crippen LogP) is 2.85. The Morgan fingerprint density at radius 2 is 1.83 bits per heavy atom. The second-order valence-corrected chi connectivity index (χ2v) is 6.90. The molecule has 5 heteroatoms. The van der Waals surface area contributed by atoms with Gasteiger partial charge in [0.05, 0.1) is 0 Å². The minimum atomic E-state index is -0.0855. The highest BCUT2D eigenvalue weighted by atomic mass is 16.1. The summed E-state index contributed by atoms with van der Waals surface area (Å²) < 4.78 is 0. The van der Waals surface area contributed by atoms with E-state index in [2.05, 4.69) is 32.0 Å². The molecule has 3 heterocycles. The number of nitrogens with zero attached hydrogens (tertiary/aromatic N) is 3. The lowest BCUT2D eigenvalue weighted by Crippen LogP contribution is -2.21. The fourth-order valence-corrected chi connectivity index (χ4v) is 3.70. The van der Waals surface area contributed by atoms with Gasteiger partial charge < -0.3 is 9.88 Å². The molecule has 2 unspecified atom stereocenters. The molecule has 0 bridgehead atoms. The monoisotopic (exact) mass is 322 g/mol. The Labute approximate surface area is 141 Å². The van der Waals surface area contributed by atoms with Gasteiger partial charge in [0.1, 0.15) is 11.6 Å². The van der Waals surface area contributed by atoms with E-state index in [4.69, 9.17) is 0 Å². The zero-order chi connectivity index (χ0) is 16.7. The van der Waals surface area contributed by atoms with Gasteiger partial charge in [-0.1, -0.05) is 12.2 Å². The van der Waals surface area contributed by atoms with Gasteiger partial charge >= 0.3 is 0 Å². The van der Waals surface area contributed by atoms with Gasteiger partial charge in [0.2, 0.25) is 0 Å². The highest BCUT2D eigenvalue weighted by molar-refractivity contribution is 5.57. The van der Waals surface area contributed by atoms with Crippen molar-refractivity contribution in [2.24, 2.45) is 11.8 Å². The van der Waals surface area contributed by atoms with E-state index in [1.807, 2.05) is 25.3 Å². The molecule has 2 aromatic heterocycles. The summed E-state index contributed by atoms with van der Waals surface area (Å²) >= 11 is 0. The summed E-state index contributed by atoms with van der Waals surface area (Å²) in [5.41, 5.74) is 2.18. The van der Waals surface area contributed by atoms with Gasteiger partial charge in [-0.3, -0.25) is 4.79 Å². The number of aromatic nitrogens is 3. The maximum absolute atomic E-state index is 11.9. The van der Waals surface area contributed by atoms with Crippen molar-refractivity contribution in [2.75, 3.05) is 18.0 Å². The summed E-state index contributed by atoms with van der Waals surface area (Å²) in [6.45, 7) is 5.81. The molecule has 5 nitrogen and oxygen atoms in total. The Morgan fingerprint density at radius 3 is 2.42 bits per heavy atom. The summed E-state index contributed by atoms with van der Waals surface area (Å²) in [4.78, 5) is 26.2. The Hall–Kier alpha value is -2.43. The van der Waals surface area contributed by atoms with Gasteiger partial charge in [0, 0.05) is 36.1 Å². The van der Waals surface area contributed by atoms with E-state index in [1.165, 1.54) is 12.8 Å². The number of rotatable bonds is 2. The van der Waals surface area contributed by atoms with Crippen LogP contribution in [0.1, 0.15) is 24.1 Å². The highest BCUT2D eigenvalue weighted by Crippen LogP contribution is 2.34. The van der Waals surface area contributed by atoms with E-state index in [-0.39, 0.29) is 5.56 Å². The largest absolute Gasteiger partial charge is 0.356 e. The summed E-state index contributed by atoms with van der Waals surface area (Å²) in [6.07, 6.45) is 8.80. The standard InChI is InChI=1S/C19H22N4O/c1-12-13(2)21-18(22-19(12)24)14-7-8-17(20-9-14)23-10-15-5-3-4-6-16(15)11-23/h3-4,7-9,15-16H,5-6,10-11H2,1-2H3,(H,21,22,24). The summed E-state index contributed by atoms with van der Waals surface area (Å²) in [6, 6.07) is 4.03. The fourth-order valence-electron chi connectivity index (χ4n) is 3.70. The average Bonchev–Trinajstić information content (AvgIpc) is 3.03. The normalized spacial score (nSPS) is 22.7. The van der Waals surface area contributed by atoms with E-state index in [0.29, 0.717) is 11.4 Å². The fraction of sp³-hybridized carbons (Fsp3) is 0.421. The highest BCUT2D eigenvalue weighted by Gasteiger charge is 2.33. The first-order valence-corrected chi connectivity index (χ1v) is 8.55. The third-order valence-corrected chi connectivity index (χ3v) is 5.36. The smallest absolute Gasteiger partial charge is 0.254 e. The van der Waals surface area contributed by atoms with Crippen LogP contribution in [0.3, 0.4) is 0 Å². The number of hydrogen-bond acceptors (Lipinski definition) is 4. The molecule has 4 rings (SSSR count). The molecule has 0 saturated carbocycles. The van der Waals surface area contributed by atoms with Gasteiger partial charge in [0.25, 0.3) is 5.56 Å². The van der Waals surface area contributed by atoms with Crippen LogP contribution in [-0.4, -0.2) is 28.0 Å². The van der Waals surface area contributed by atoms with Crippen LogP contribution in [0.2, 0.25) is 0 Å². The number of anilines is 1. The molecule has 2 aromatic rings. The lowest BCUT2D eigenvalue weighted by atomic mass is 9.86. The molecule has 1 N–H and O–H groups in total. The molecular formula is C19H22N4O. The van der Waals surface area contributed by atoms with Crippen LogP contribution in [0.4, 0.5) is 5.82 Å². The van der Waals surface area contributed by atoms with E-state index in [0.717, 1.165) is 42.0 Å². The molecule has 24 heavy (non-hydrogen) atoms.